The number of halogens is 2. The van der Waals surface area contributed by atoms with Crippen LogP contribution in [0.1, 0.15) is 30.2 Å². The summed E-state index contributed by atoms with van der Waals surface area (Å²) in [6.45, 7) is 1.79. The van der Waals surface area contributed by atoms with E-state index in [4.69, 9.17) is 23.2 Å². The van der Waals surface area contributed by atoms with Crippen molar-refractivity contribution in [3.05, 3.63) is 56.5 Å². The number of rotatable bonds is 5. The summed E-state index contributed by atoms with van der Waals surface area (Å²) >= 11 is 14.8. The minimum atomic E-state index is -0.435. The van der Waals surface area contributed by atoms with E-state index in [-0.39, 0.29) is 5.91 Å². The Kier molecular flexibility index (Phi) is 6.30. The number of aryl methyl sites for hydroxylation is 2. The van der Waals surface area contributed by atoms with Crippen LogP contribution in [0.3, 0.4) is 0 Å². The van der Waals surface area contributed by atoms with E-state index in [0.29, 0.717) is 31.5 Å². The molecule has 9 heteroatoms. The molecule has 2 aromatic heterocycles. The number of amides is 1. The molecular weight excluding hydrogens is 459 g/mol. The molecular formula is C21H16Cl2N4OS2. The highest BCUT2D eigenvalue weighted by Crippen LogP contribution is 2.33. The van der Waals surface area contributed by atoms with Crippen molar-refractivity contribution in [2.75, 3.05) is 5.32 Å². The number of carbonyl (C=O) groups is 1. The summed E-state index contributed by atoms with van der Waals surface area (Å²) in [5.74, 6) is -0.200. The Morgan fingerprint density at radius 3 is 2.90 bits per heavy atom. The van der Waals surface area contributed by atoms with Crippen molar-refractivity contribution in [1.29, 1.82) is 5.26 Å². The van der Waals surface area contributed by atoms with Gasteiger partial charge in [0.15, 0.2) is 5.13 Å². The van der Waals surface area contributed by atoms with E-state index < -0.39 is 5.25 Å². The normalized spacial score (nSPS) is 13.5. The number of aromatic nitrogens is 2. The lowest BCUT2D eigenvalue weighted by atomic mass is 10.2. The fourth-order valence-corrected chi connectivity index (χ4v) is 5.32. The summed E-state index contributed by atoms with van der Waals surface area (Å²) in [6.07, 6.45) is 2.94. The van der Waals surface area contributed by atoms with Crippen molar-refractivity contribution >= 4 is 57.3 Å². The highest BCUT2D eigenvalue weighted by molar-refractivity contribution is 8.00. The minimum Gasteiger partial charge on any atom is -0.301 e. The Labute approximate surface area is 192 Å². The molecule has 1 unspecified atom stereocenters. The Balaban J connectivity index is 1.46. The molecule has 1 aliphatic carbocycles. The van der Waals surface area contributed by atoms with Gasteiger partial charge in [0.2, 0.25) is 5.91 Å². The topological polar surface area (TPSA) is 78.7 Å². The largest absolute Gasteiger partial charge is 0.301 e. The number of carbonyl (C=O) groups excluding carboxylic acids is 1. The number of hydrogen-bond donors (Lipinski definition) is 1. The monoisotopic (exact) mass is 474 g/mol. The first-order valence-corrected chi connectivity index (χ1v) is 11.8. The summed E-state index contributed by atoms with van der Waals surface area (Å²) in [6, 6.07) is 9.31. The summed E-state index contributed by atoms with van der Waals surface area (Å²) in [4.78, 5) is 21.8. The summed E-state index contributed by atoms with van der Waals surface area (Å²) in [5.41, 5.74) is 4.12. The SMILES string of the molecule is CC(Sc1nc2c(cc1C#N)CCC2)C(=O)Nc1nc(-c2ccc(Cl)cc2Cl)cs1. The van der Waals surface area contributed by atoms with Crippen LogP contribution in [0.25, 0.3) is 11.3 Å². The van der Waals surface area contributed by atoms with Crippen LogP contribution in [0, 0.1) is 11.3 Å². The average Bonchev–Trinajstić information content (AvgIpc) is 3.36. The molecule has 1 aromatic carbocycles. The van der Waals surface area contributed by atoms with Crippen molar-refractivity contribution < 1.29 is 4.79 Å². The number of nitrogens with one attached hydrogen (secondary N) is 1. The molecule has 0 spiro atoms. The predicted molar refractivity (Wildman–Crippen MR) is 122 cm³/mol. The second-order valence-electron chi connectivity index (χ2n) is 6.82. The van der Waals surface area contributed by atoms with Gasteiger partial charge in [-0.25, -0.2) is 9.97 Å². The maximum atomic E-state index is 12.7. The Morgan fingerprint density at radius 2 is 2.13 bits per heavy atom. The highest BCUT2D eigenvalue weighted by Gasteiger charge is 2.22. The minimum absolute atomic E-state index is 0.200. The maximum Gasteiger partial charge on any atom is 0.239 e. The molecule has 4 rings (SSSR count). The Bertz CT molecular complexity index is 1170. The third kappa shape index (κ3) is 4.47. The smallest absolute Gasteiger partial charge is 0.239 e. The molecule has 0 aliphatic heterocycles. The number of thioether (sulfide) groups is 1. The third-order valence-electron chi connectivity index (χ3n) is 4.74. The molecule has 0 saturated heterocycles. The van der Waals surface area contributed by atoms with E-state index in [2.05, 4.69) is 21.4 Å². The molecule has 1 atom stereocenters. The Morgan fingerprint density at radius 1 is 1.30 bits per heavy atom. The van der Waals surface area contributed by atoms with Crippen LogP contribution in [0.4, 0.5) is 5.13 Å². The van der Waals surface area contributed by atoms with Crippen LogP contribution >= 0.6 is 46.3 Å². The van der Waals surface area contributed by atoms with Crippen LogP contribution in [0.5, 0.6) is 0 Å². The van der Waals surface area contributed by atoms with E-state index in [1.165, 1.54) is 23.1 Å². The quantitative estimate of drug-likeness (QED) is 0.459. The van der Waals surface area contributed by atoms with E-state index in [1.807, 2.05) is 11.4 Å². The molecule has 30 heavy (non-hydrogen) atoms. The molecule has 0 fully saturated rings. The van der Waals surface area contributed by atoms with Gasteiger partial charge >= 0.3 is 0 Å². The molecule has 5 nitrogen and oxygen atoms in total. The summed E-state index contributed by atoms with van der Waals surface area (Å²) in [7, 11) is 0. The first kappa shape index (κ1) is 21.1. The molecule has 0 saturated carbocycles. The van der Waals surface area contributed by atoms with Gasteiger partial charge in [0.25, 0.3) is 0 Å². The first-order valence-electron chi connectivity index (χ1n) is 9.26. The number of thiazole rings is 1. The fourth-order valence-electron chi connectivity index (χ4n) is 3.20. The molecule has 1 aliphatic rings. The zero-order valence-electron chi connectivity index (χ0n) is 15.9. The lowest BCUT2D eigenvalue weighted by molar-refractivity contribution is -0.115. The van der Waals surface area contributed by atoms with Crippen molar-refractivity contribution in [1.82, 2.24) is 9.97 Å². The van der Waals surface area contributed by atoms with E-state index in [9.17, 15) is 10.1 Å². The zero-order chi connectivity index (χ0) is 21.3. The van der Waals surface area contributed by atoms with Gasteiger partial charge in [-0.15, -0.1) is 11.3 Å². The third-order valence-corrected chi connectivity index (χ3v) is 7.14. The van der Waals surface area contributed by atoms with Gasteiger partial charge in [0.1, 0.15) is 11.1 Å². The standard InChI is InChI=1S/C21H16Cl2N4OS2/c1-11(30-20-13(9-24)7-12-3-2-4-17(12)25-20)19(28)27-21-26-18(10-29-21)15-6-5-14(22)8-16(15)23/h5-8,10-11H,2-4H2,1H3,(H,26,27,28). The van der Waals surface area contributed by atoms with Crippen LogP contribution in [0.15, 0.2) is 34.7 Å². The number of benzene rings is 1. The van der Waals surface area contributed by atoms with Crippen LogP contribution in [0.2, 0.25) is 10.0 Å². The van der Waals surface area contributed by atoms with Gasteiger partial charge in [-0.05, 0) is 56.0 Å². The molecule has 2 heterocycles. The molecule has 0 radical (unpaired) electrons. The van der Waals surface area contributed by atoms with Gasteiger partial charge < -0.3 is 5.32 Å². The number of anilines is 1. The van der Waals surface area contributed by atoms with Gasteiger partial charge in [-0.2, -0.15) is 5.26 Å². The highest BCUT2D eigenvalue weighted by atomic mass is 35.5. The van der Waals surface area contributed by atoms with Crippen molar-refractivity contribution in [3.8, 4) is 17.3 Å². The zero-order valence-corrected chi connectivity index (χ0v) is 19.1. The lowest BCUT2D eigenvalue weighted by Gasteiger charge is -2.12. The van der Waals surface area contributed by atoms with Gasteiger partial charge in [0.05, 0.1) is 21.5 Å². The van der Waals surface area contributed by atoms with Gasteiger partial charge in [-0.3, -0.25) is 4.79 Å². The second-order valence-corrected chi connectivity index (χ2v) is 9.85. The van der Waals surface area contributed by atoms with Crippen molar-refractivity contribution in [3.63, 3.8) is 0 Å². The average molecular weight is 475 g/mol. The second kappa shape index (κ2) is 8.94. The number of fused-ring (bicyclic) bond motifs is 1. The van der Waals surface area contributed by atoms with Gasteiger partial charge in [-0.1, -0.05) is 35.0 Å². The van der Waals surface area contributed by atoms with Crippen molar-refractivity contribution in [2.24, 2.45) is 0 Å². The molecule has 152 valence electrons. The van der Waals surface area contributed by atoms with Gasteiger partial charge in [0, 0.05) is 21.7 Å². The lowest BCUT2D eigenvalue weighted by Crippen LogP contribution is -2.22. The maximum absolute atomic E-state index is 12.7. The summed E-state index contributed by atoms with van der Waals surface area (Å²) in [5, 5.41) is 15.8. The van der Waals surface area contributed by atoms with Crippen molar-refractivity contribution in [2.45, 2.75) is 36.5 Å². The van der Waals surface area contributed by atoms with Crippen LogP contribution < -0.4 is 5.32 Å². The Hall–Kier alpha value is -2.11. The molecule has 3 aromatic rings. The molecule has 0 bridgehead atoms. The van der Waals surface area contributed by atoms with Crippen LogP contribution in [-0.2, 0) is 17.6 Å². The fraction of sp³-hybridized carbons (Fsp3) is 0.238. The molecule has 1 amide bonds. The number of pyridine rings is 1. The van der Waals surface area contributed by atoms with E-state index in [1.54, 1.807) is 25.1 Å². The number of hydrogen-bond acceptors (Lipinski definition) is 6. The van der Waals surface area contributed by atoms with Crippen LogP contribution in [-0.4, -0.2) is 21.1 Å². The number of nitriles is 1. The van der Waals surface area contributed by atoms with E-state index in [0.717, 1.165) is 36.1 Å². The number of nitrogens with zero attached hydrogens (tertiary/aromatic N) is 3. The summed E-state index contributed by atoms with van der Waals surface area (Å²) < 4.78 is 0. The predicted octanol–water partition coefficient (Wildman–Crippen LogP) is 5.99. The molecule has 1 N–H and O–H groups in total. The first-order chi connectivity index (χ1) is 14.4. The van der Waals surface area contributed by atoms with E-state index >= 15 is 0 Å².